The van der Waals surface area contributed by atoms with E-state index < -0.39 is 0 Å². The van der Waals surface area contributed by atoms with Crippen molar-refractivity contribution in [2.75, 3.05) is 12.4 Å². The topological polar surface area (TPSA) is 50.3 Å². The third-order valence-corrected chi connectivity index (χ3v) is 4.13. The number of imidazole rings is 1. The molecule has 1 unspecified atom stereocenters. The maximum atomic E-state index is 5.17. The van der Waals surface area contributed by atoms with Crippen LogP contribution in [0.4, 0.5) is 0 Å². The number of hydrogen-bond acceptors (Lipinski definition) is 4. The highest BCUT2D eigenvalue weighted by atomic mass is 32.2. The van der Waals surface area contributed by atoms with Crippen LogP contribution in [-0.4, -0.2) is 28.0 Å². The molecule has 86 valence electrons. The first-order valence-corrected chi connectivity index (χ1v) is 6.79. The van der Waals surface area contributed by atoms with Gasteiger partial charge >= 0.3 is 0 Å². The molecule has 0 aromatic carbocycles. The lowest BCUT2D eigenvalue weighted by molar-refractivity contribution is 0.159. The van der Waals surface area contributed by atoms with Crippen LogP contribution in [0.5, 0.6) is 0 Å². The first-order chi connectivity index (χ1) is 7.88. The van der Waals surface area contributed by atoms with E-state index in [9.17, 15) is 0 Å². The van der Waals surface area contributed by atoms with Gasteiger partial charge in [-0.15, -0.1) is 11.8 Å². The van der Waals surface area contributed by atoms with E-state index >= 15 is 0 Å². The van der Waals surface area contributed by atoms with Gasteiger partial charge in [0.15, 0.2) is 0 Å². The van der Waals surface area contributed by atoms with E-state index in [1.54, 1.807) is 0 Å². The van der Waals surface area contributed by atoms with E-state index in [1.807, 2.05) is 11.8 Å². The molecule has 0 saturated heterocycles. The van der Waals surface area contributed by atoms with Gasteiger partial charge in [-0.05, 0) is 6.42 Å². The van der Waals surface area contributed by atoms with Gasteiger partial charge in [0.2, 0.25) is 0 Å². The lowest BCUT2D eigenvalue weighted by Crippen LogP contribution is -2.21. The molecule has 1 aromatic heterocycles. The van der Waals surface area contributed by atoms with Crippen LogP contribution in [0.1, 0.15) is 31.3 Å². The minimum absolute atomic E-state index is 0.456. The fourth-order valence-corrected chi connectivity index (χ4v) is 3.14. The fourth-order valence-electron chi connectivity index (χ4n) is 2.05. The summed E-state index contributed by atoms with van der Waals surface area (Å²) >= 11 is 1.82. The fraction of sp³-hybridized carbons (Fsp3) is 0.636. The third kappa shape index (κ3) is 1.63. The molecule has 3 heterocycles. The van der Waals surface area contributed by atoms with Gasteiger partial charge in [0.25, 0.3) is 0 Å². The Morgan fingerprint density at radius 1 is 1.56 bits per heavy atom. The molecule has 4 nitrogen and oxygen atoms in total. The molecule has 5 heteroatoms. The van der Waals surface area contributed by atoms with Crippen molar-refractivity contribution in [2.45, 2.75) is 31.2 Å². The highest BCUT2D eigenvalue weighted by Crippen LogP contribution is 2.34. The normalized spacial score (nSPS) is 22.3. The second kappa shape index (κ2) is 4.13. The number of aromatic nitrogens is 2. The molecule has 2 aliphatic heterocycles. The molecular formula is C11H15N3OS. The van der Waals surface area contributed by atoms with E-state index in [1.165, 1.54) is 12.8 Å². The van der Waals surface area contributed by atoms with Gasteiger partial charge in [0.05, 0.1) is 11.6 Å². The Balaban J connectivity index is 1.88. The minimum Gasteiger partial charge on any atom is -0.395 e. The van der Waals surface area contributed by atoms with Crippen molar-refractivity contribution >= 4 is 17.5 Å². The average Bonchev–Trinajstić information content (AvgIpc) is 2.90. The molecule has 0 radical (unpaired) electrons. The molecule has 0 spiro atoms. The summed E-state index contributed by atoms with van der Waals surface area (Å²) in [6.07, 6.45) is 3.41. The van der Waals surface area contributed by atoms with Gasteiger partial charge in [0.1, 0.15) is 23.2 Å². The Morgan fingerprint density at radius 3 is 3.38 bits per heavy atom. The predicted molar refractivity (Wildman–Crippen MR) is 63.9 cm³/mol. The number of rotatable bonds is 3. The Labute approximate surface area is 98.9 Å². The zero-order chi connectivity index (χ0) is 11.0. The van der Waals surface area contributed by atoms with Crippen molar-refractivity contribution in [3.05, 3.63) is 11.5 Å². The summed E-state index contributed by atoms with van der Waals surface area (Å²) in [5.41, 5.74) is 2.17. The van der Waals surface area contributed by atoms with E-state index in [0.29, 0.717) is 5.92 Å². The number of thioether (sulfide) groups is 1. The molecule has 1 atom stereocenters. The van der Waals surface area contributed by atoms with Crippen LogP contribution in [0, 0.1) is 5.92 Å². The average molecular weight is 237 g/mol. The number of aromatic amines is 1. The first-order valence-electron chi connectivity index (χ1n) is 5.80. The molecule has 1 N–H and O–H groups in total. The predicted octanol–water partition coefficient (Wildman–Crippen LogP) is 2.21. The van der Waals surface area contributed by atoms with Crippen molar-refractivity contribution < 1.29 is 4.84 Å². The van der Waals surface area contributed by atoms with Crippen molar-refractivity contribution in [3.63, 3.8) is 0 Å². The Bertz CT molecular complexity index is 427. The number of nitrogens with one attached hydrogen (secondary N) is 1. The molecule has 2 aliphatic rings. The largest absolute Gasteiger partial charge is 0.395 e. The van der Waals surface area contributed by atoms with Crippen LogP contribution in [-0.2, 0) is 11.3 Å². The van der Waals surface area contributed by atoms with Gasteiger partial charge in [-0.1, -0.05) is 18.5 Å². The van der Waals surface area contributed by atoms with Crippen LogP contribution >= 0.6 is 11.8 Å². The molecule has 3 rings (SSSR count). The van der Waals surface area contributed by atoms with Crippen LogP contribution < -0.4 is 0 Å². The summed E-state index contributed by atoms with van der Waals surface area (Å²) in [5.74, 6) is 2.59. The molecular weight excluding hydrogens is 222 g/mol. The molecule has 0 amide bonds. The summed E-state index contributed by atoms with van der Waals surface area (Å²) in [5, 5.41) is 5.23. The first kappa shape index (κ1) is 10.2. The lowest BCUT2D eigenvalue weighted by atomic mass is 10.1. The number of hydrogen-bond donors (Lipinski definition) is 1. The van der Waals surface area contributed by atoms with Gasteiger partial charge in [0, 0.05) is 12.2 Å². The van der Waals surface area contributed by atoms with E-state index in [0.717, 1.165) is 41.0 Å². The highest BCUT2D eigenvalue weighted by molar-refractivity contribution is 7.99. The van der Waals surface area contributed by atoms with E-state index in [-0.39, 0.29) is 0 Å². The van der Waals surface area contributed by atoms with E-state index in [4.69, 9.17) is 4.84 Å². The zero-order valence-electron chi connectivity index (χ0n) is 9.32. The van der Waals surface area contributed by atoms with Crippen molar-refractivity contribution in [2.24, 2.45) is 11.1 Å². The molecule has 1 aromatic rings. The Kier molecular flexibility index (Phi) is 2.63. The standard InChI is InChI=1S/C11H15N3OS/c1-2-3-4-8-12-10-9-7(5-15-14-9)6-16-11(10)13-8/h7H,2-6H2,1H3,(H,12,13). The Morgan fingerprint density at radius 2 is 2.50 bits per heavy atom. The van der Waals surface area contributed by atoms with Crippen LogP contribution in [0.2, 0.25) is 0 Å². The van der Waals surface area contributed by atoms with E-state index in [2.05, 4.69) is 22.0 Å². The number of fused-ring (bicyclic) bond motifs is 3. The maximum absolute atomic E-state index is 5.17. The smallest absolute Gasteiger partial charge is 0.126 e. The SMILES string of the molecule is CCCCc1nc2c([nH]1)C1=NOCC1CS2. The number of unbranched alkanes of at least 4 members (excludes halogenated alkanes) is 1. The monoisotopic (exact) mass is 237 g/mol. The van der Waals surface area contributed by atoms with Crippen molar-refractivity contribution in [1.29, 1.82) is 0 Å². The van der Waals surface area contributed by atoms with Crippen LogP contribution in [0.3, 0.4) is 0 Å². The van der Waals surface area contributed by atoms with Crippen molar-refractivity contribution in [1.82, 2.24) is 9.97 Å². The second-order valence-corrected chi connectivity index (χ2v) is 5.26. The van der Waals surface area contributed by atoms with Gasteiger partial charge in [-0.2, -0.15) is 0 Å². The molecule has 0 aliphatic carbocycles. The number of H-pyrrole nitrogens is 1. The summed E-state index contributed by atoms with van der Waals surface area (Å²) in [6, 6.07) is 0. The second-order valence-electron chi connectivity index (χ2n) is 4.25. The summed E-state index contributed by atoms with van der Waals surface area (Å²) in [7, 11) is 0. The van der Waals surface area contributed by atoms with Crippen LogP contribution in [0.15, 0.2) is 10.2 Å². The highest BCUT2D eigenvalue weighted by Gasteiger charge is 2.33. The molecule has 16 heavy (non-hydrogen) atoms. The van der Waals surface area contributed by atoms with Gasteiger partial charge < -0.3 is 9.82 Å². The van der Waals surface area contributed by atoms with Crippen LogP contribution in [0.25, 0.3) is 0 Å². The summed E-state index contributed by atoms with van der Waals surface area (Å²) in [6.45, 7) is 2.92. The van der Waals surface area contributed by atoms with Gasteiger partial charge in [-0.3, -0.25) is 0 Å². The third-order valence-electron chi connectivity index (χ3n) is 2.99. The number of nitrogens with zero attached hydrogens (tertiary/aromatic N) is 2. The molecule has 0 saturated carbocycles. The summed E-state index contributed by atoms with van der Waals surface area (Å²) < 4.78 is 0. The molecule has 0 bridgehead atoms. The zero-order valence-corrected chi connectivity index (χ0v) is 10.1. The lowest BCUT2D eigenvalue weighted by Gasteiger charge is -2.14. The number of aryl methyl sites for hydroxylation is 1. The Hall–Kier alpha value is -0.970. The molecule has 0 fully saturated rings. The minimum atomic E-state index is 0.456. The van der Waals surface area contributed by atoms with Gasteiger partial charge in [-0.25, -0.2) is 4.98 Å². The quantitative estimate of drug-likeness (QED) is 0.877. The number of oxime groups is 1. The van der Waals surface area contributed by atoms with Crippen molar-refractivity contribution in [3.8, 4) is 0 Å². The maximum Gasteiger partial charge on any atom is 0.126 e. The summed E-state index contributed by atoms with van der Waals surface area (Å²) in [4.78, 5) is 13.2.